The molecule has 29 heavy (non-hydrogen) atoms. The molecule has 0 saturated heterocycles. The van der Waals surface area contributed by atoms with Gasteiger partial charge in [0.15, 0.2) is 5.78 Å². The van der Waals surface area contributed by atoms with Crippen LogP contribution in [0.3, 0.4) is 0 Å². The van der Waals surface area contributed by atoms with Gasteiger partial charge in [0, 0.05) is 23.5 Å². The Bertz CT molecular complexity index is 784. The lowest BCUT2D eigenvalue weighted by atomic mass is 9.77. The summed E-state index contributed by atoms with van der Waals surface area (Å²) in [6.07, 6.45) is 18.1. The van der Waals surface area contributed by atoms with Gasteiger partial charge in [-0.05, 0) is 49.5 Å². The first kappa shape index (κ1) is 21.4. The highest BCUT2D eigenvalue weighted by molar-refractivity contribution is 5.97. The maximum absolute atomic E-state index is 12.6. The number of nitrogens with zero attached hydrogens (tertiary/aromatic N) is 2. The highest BCUT2D eigenvalue weighted by Crippen LogP contribution is 2.37. The van der Waals surface area contributed by atoms with Crippen LogP contribution in [0.2, 0.25) is 0 Å². The van der Waals surface area contributed by atoms with Crippen LogP contribution in [-0.4, -0.2) is 15.8 Å². The molecule has 1 saturated carbocycles. The number of Topliss-reactive ketones (excluding diaryl/α,β-unsaturated/α-hetero) is 1. The molecule has 154 valence electrons. The van der Waals surface area contributed by atoms with E-state index in [1.807, 2.05) is 18.2 Å². The monoisotopic (exact) mass is 390 g/mol. The number of benzene rings is 1. The normalized spacial score (nSPS) is 19.5. The van der Waals surface area contributed by atoms with Crippen LogP contribution in [0.5, 0.6) is 0 Å². The first-order valence-electron chi connectivity index (χ1n) is 11.3. The molecular formula is C26H34N2O. The molecule has 3 heteroatoms. The molecule has 0 atom stereocenters. The van der Waals surface area contributed by atoms with Crippen molar-refractivity contribution in [2.75, 3.05) is 0 Å². The Labute approximate surface area is 175 Å². The minimum Gasteiger partial charge on any atom is -0.294 e. The molecule has 0 aliphatic heterocycles. The standard InChI is InChI=1S/C26H34N2O/c1-3-5-6-8-21-18-27-26(28-19-21)17-25(29)24-15-13-23(14-16-24)22-11-9-20(7-4-2)10-12-22/h6,8,13-16,18-20,22H,3-5,7,9-12,17H2,1-2H3. The van der Waals surface area contributed by atoms with Crippen LogP contribution in [0.4, 0.5) is 0 Å². The third kappa shape index (κ3) is 6.35. The molecular weight excluding hydrogens is 356 g/mol. The maximum Gasteiger partial charge on any atom is 0.170 e. The molecule has 1 aliphatic carbocycles. The number of unbranched alkanes of at least 4 members (excludes halogenated alkanes) is 1. The predicted molar refractivity (Wildman–Crippen MR) is 120 cm³/mol. The molecule has 1 aromatic carbocycles. The van der Waals surface area contributed by atoms with Crippen molar-refractivity contribution in [1.82, 2.24) is 9.97 Å². The molecule has 3 rings (SSSR count). The van der Waals surface area contributed by atoms with Gasteiger partial charge in [-0.25, -0.2) is 9.97 Å². The fourth-order valence-electron chi connectivity index (χ4n) is 4.31. The van der Waals surface area contributed by atoms with Gasteiger partial charge in [0.2, 0.25) is 0 Å². The van der Waals surface area contributed by atoms with Crippen molar-refractivity contribution in [1.29, 1.82) is 0 Å². The summed E-state index contributed by atoms with van der Waals surface area (Å²) in [6, 6.07) is 8.27. The fourth-order valence-corrected chi connectivity index (χ4v) is 4.31. The zero-order valence-electron chi connectivity index (χ0n) is 17.9. The number of hydrogen-bond donors (Lipinski definition) is 0. The second-order valence-corrected chi connectivity index (χ2v) is 8.35. The van der Waals surface area contributed by atoms with E-state index < -0.39 is 0 Å². The van der Waals surface area contributed by atoms with Crippen molar-refractivity contribution in [2.24, 2.45) is 5.92 Å². The van der Waals surface area contributed by atoms with Crippen LogP contribution in [-0.2, 0) is 6.42 Å². The van der Waals surface area contributed by atoms with Gasteiger partial charge in [-0.2, -0.15) is 0 Å². The van der Waals surface area contributed by atoms with Gasteiger partial charge in [0.25, 0.3) is 0 Å². The summed E-state index contributed by atoms with van der Waals surface area (Å²) < 4.78 is 0. The van der Waals surface area contributed by atoms with Crippen molar-refractivity contribution < 1.29 is 4.79 Å². The average molecular weight is 391 g/mol. The average Bonchev–Trinajstić information content (AvgIpc) is 2.76. The zero-order valence-corrected chi connectivity index (χ0v) is 17.9. The van der Waals surface area contributed by atoms with Crippen LogP contribution < -0.4 is 0 Å². The summed E-state index contributed by atoms with van der Waals surface area (Å²) >= 11 is 0. The second kappa shape index (κ2) is 11.0. The van der Waals surface area contributed by atoms with E-state index in [0.29, 0.717) is 11.7 Å². The Kier molecular flexibility index (Phi) is 8.15. The SMILES string of the molecule is CCCC=Cc1cnc(CC(=O)c2ccc(C3CCC(CCC)CC3)cc2)nc1. The highest BCUT2D eigenvalue weighted by Gasteiger charge is 2.22. The summed E-state index contributed by atoms with van der Waals surface area (Å²) in [5, 5.41) is 0. The Hall–Kier alpha value is -2.29. The summed E-state index contributed by atoms with van der Waals surface area (Å²) in [6.45, 7) is 4.44. The summed E-state index contributed by atoms with van der Waals surface area (Å²) in [5.41, 5.74) is 3.12. The first-order chi connectivity index (χ1) is 14.2. The lowest BCUT2D eigenvalue weighted by Gasteiger charge is -2.28. The molecule has 0 bridgehead atoms. The van der Waals surface area contributed by atoms with E-state index in [1.165, 1.54) is 44.1 Å². The smallest absolute Gasteiger partial charge is 0.170 e. The van der Waals surface area contributed by atoms with Crippen molar-refractivity contribution in [3.8, 4) is 0 Å². The number of rotatable bonds is 9. The largest absolute Gasteiger partial charge is 0.294 e. The molecule has 1 heterocycles. The molecule has 0 spiro atoms. The highest BCUT2D eigenvalue weighted by atomic mass is 16.1. The van der Waals surface area contributed by atoms with Crippen LogP contribution in [0.1, 0.15) is 98.4 Å². The molecule has 1 fully saturated rings. The lowest BCUT2D eigenvalue weighted by molar-refractivity contribution is 0.0990. The van der Waals surface area contributed by atoms with Gasteiger partial charge in [-0.3, -0.25) is 4.79 Å². The van der Waals surface area contributed by atoms with Crippen molar-refractivity contribution in [3.63, 3.8) is 0 Å². The van der Waals surface area contributed by atoms with Crippen molar-refractivity contribution >= 4 is 11.9 Å². The number of hydrogen-bond acceptors (Lipinski definition) is 3. The minimum absolute atomic E-state index is 0.0810. The van der Waals surface area contributed by atoms with Gasteiger partial charge in [0.1, 0.15) is 5.82 Å². The van der Waals surface area contributed by atoms with Crippen molar-refractivity contribution in [3.05, 3.63) is 65.2 Å². The van der Waals surface area contributed by atoms with Gasteiger partial charge in [-0.15, -0.1) is 0 Å². The molecule has 3 nitrogen and oxygen atoms in total. The fraction of sp³-hybridized carbons (Fsp3) is 0.500. The number of allylic oxidation sites excluding steroid dienone is 1. The van der Waals surface area contributed by atoms with Crippen molar-refractivity contribution in [2.45, 2.75) is 77.6 Å². The van der Waals surface area contributed by atoms with Gasteiger partial charge < -0.3 is 0 Å². The summed E-state index contributed by atoms with van der Waals surface area (Å²) in [5.74, 6) is 2.24. The predicted octanol–water partition coefficient (Wildman–Crippen LogP) is 6.79. The molecule has 0 radical (unpaired) electrons. The molecule has 2 aromatic rings. The Morgan fingerprint density at radius 1 is 1.00 bits per heavy atom. The van der Waals surface area contributed by atoms with Gasteiger partial charge >= 0.3 is 0 Å². The quantitative estimate of drug-likeness (QED) is 0.443. The molecule has 1 aliphatic rings. The third-order valence-electron chi connectivity index (χ3n) is 6.06. The number of carbonyl (C=O) groups excluding carboxylic acids is 1. The number of ketones is 1. The van der Waals surface area contributed by atoms with E-state index in [4.69, 9.17) is 0 Å². The van der Waals surface area contributed by atoms with Gasteiger partial charge in [-0.1, -0.05) is 69.5 Å². The van der Waals surface area contributed by atoms with E-state index in [1.54, 1.807) is 12.4 Å². The van der Waals surface area contributed by atoms with E-state index in [9.17, 15) is 4.79 Å². The summed E-state index contributed by atoms with van der Waals surface area (Å²) in [4.78, 5) is 21.3. The second-order valence-electron chi connectivity index (χ2n) is 8.35. The minimum atomic E-state index is 0.0810. The van der Waals surface area contributed by atoms with Gasteiger partial charge in [0.05, 0.1) is 6.42 Å². The topological polar surface area (TPSA) is 42.9 Å². The summed E-state index contributed by atoms with van der Waals surface area (Å²) in [7, 11) is 0. The number of aromatic nitrogens is 2. The van der Waals surface area contributed by atoms with Crippen LogP contribution in [0.15, 0.2) is 42.7 Å². The Balaban J connectivity index is 1.54. The molecule has 0 unspecified atom stereocenters. The van der Waals surface area contributed by atoms with E-state index in [-0.39, 0.29) is 12.2 Å². The van der Waals surface area contributed by atoms with Crippen LogP contribution in [0, 0.1) is 5.92 Å². The molecule has 0 amide bonds. The zero-order chi connectivity index (χ0) is 20.5. The molecule has 0 N–H and O–H groups in total. The third-order valence-corrected chi connectivity index (χ3v) is 6.06. The van der Waals surface area contributed by atoms with Crippen LogP contribution >= 0.6 is 0 Å². The lowest BCUT2D eigenvalue weighted by Crippen LogP contribution is -2.13. The Morgan fingerprint density at radius 3 is 2.31 bits per heavy atom. The maximum atomic E-state index is 12.6. The first-order valence-corrected chi connectivity index (χ1v) is 11.3. The Morgan fingerprint density at radius 2 is 1.69 bits per heavy atom. The van der Waals surface area contributed by atoms with E-state index >= 15 is 0 Å². The van der Waals surface area contributed by atoms with E-state index in [0.717, 1.165) is 29.9 Å². The molecule has 1 aromatic heterocycles. The number of carbonyl (C=O) groups is 1. The van der Waals surface area contributed by atoms with E-state index in [2.05, 4.69) is 42.0 Å². The van der Waals surface area contributed by atoms with Crippen LogP contribution in [0.25, 0.3) is 6.08 Å².